The molecular formula is C16H20N2O3S. The minimum atomic E-state index is -0.357. The normalized spacial score (nSPS) is 12.0. The number of ether oxygens (including phenoxy) is 2. The van der Waals surface area contributed by atoms with Gasteiger partial charge in [0.2, 0.25) is 0 Å². The van der Waals surface area contributed by atoms with Crippen molar-refractivity contribution in [2.45, 2.75) is 39.2 Å². The van der Waals surface area contributed by atoms with Crippen LogP contribution in [0.3, 0.4) is 0 Å². The summed E-state index contributed by atoms with van der Waals surface area (Å²) in [6, 6.07) is 7.36. The van der Waals surface area contributed by atoms with E-state index in [1.165, 1.54) is 0 Å². The van der Waals surface area contributed by atoms with Crippen LogP contribution in [0.4, 0.5) is 0 Å². The number of carbonyl (C=O) groups is 1. The fraction of sp³-hybridized carbons (Fsp3) is 0.438. The fourth-order valence-electron chi connectivity index (χ4n) is 2.05. The zero-order valence-electron chi connectivity index (χ0n) is 13.0. The van der Waals surface area contributed by atoms with Gasteiger partial charge in [-0.05, 0) is 49.1 Å². The van der Waals surface area contributed by atoms with E-state index in [1.807, 2.05) is 31.2 Å². The van der Waals surface area contributed by atoms with Gasteiger partial charge in [-0.1, -0.05) is 24.3 Å². The van der Waals surface area contributed by atoms with Gasteiger partial charge in [-0.15, -0.1) is 5.10 Å². The second-order valence-corrected chi connectivity index (χ2v) is 5.79. The molecule has 1 heterocycles. The van der Waals surface area contributed by atoms with Crippen molar-refractivity contribution < 1.29 is 14.3 Å². The van der Waals surface area contributed by atoms with Crippen LogP contribution >= 0.6 is 11.5 Å². The zero-order valence-corrected chi connectivity index (χ0v) is 13.9. The average molecular weight is 320 g/mol. The summed E-state index contributed by atoms with van der Waals surface area (Å²) in [6.07, 6.45) is 2.90. The van der Waals surface area contributed by atoms with Crippen molar-refractivity contribution in [3.8, 4) is 17.0 Å². The topological polar surface area (TPSA) is 61.3 Å². The molecule has 0 unspecified atom stereocenters. The second kappa shape index (κ2) is 7.89. The minimum absolute atomic E-state index is 0.0988. The van der Waals surface area contributed by atoms with Crippen LogP contribution in [0.25, 0.3) is 11.3 Å². The van der Waals surface area contributed by atoms with Crippen LogP contribution in [-0.4, -0.2) is 28.8 Å². The first-order valence-electron chi connectivity index (χ1n) is 7.33. The first kappa shape index (κ1) is 16.4. The molecule has 6 heteroatoms. The average Bonchev–Trinajstić information content (AvgIpc) is 3.02. The Hall–Kier alpha value is -1.95. The third-order valence-corrected chi connectivity index (χ3v) is 4.02. The maximum absolute atomic E-state index is 12.3. The maximum atomic E-state index is 12.3. The van der Waals surface area contributed by atoms with Crippen molar-refractivity contribution >= 4 is 17.5 Å². The van der Waals surface area contributed by atoms with Gasteiger partial charge in [-0.2, -0.15) is 0 Å². The van der Waals surface area contributed by atoms with Gasteiger partial charge in [0.05, 0.1) is 13.2 Å². The van der Waals surface area contributed by atoms with E-state index >= 15 is 0 Å². The molecule has 5 nitrogen and oxygen atoms in total. The number of nitrogens with zero attached hydrogens (tertiary/aromatic N) is 2. The third-order valence-electron chi connectivity index (χ3n) is 3.31. The molecular weight excluding hydrogens is 300 g/mol. The molecule has 118 valence electrons. The molecule has 22 heavy (non-hydrogen) atoms. The van der Waals surface area contributed by atoms with E-state index in [9.17, 15) is 4.79 Å². The molecule has 1 aromatic heterocycles. The van der Waals surface area contributed by atoms with Crippen LogP contribution in [0.5, 0.6) is 5.75 Å². The molecule has 1 atom stereocenters. The standard InChI is InChI=1S/C16H20N2O3S/c1-4-5-6-11(2)21-16(19)15-14(17-18-22-15)12-7-9-13(20-3)10-8-12/h7-11H,4-6H2,1-3H3/t11-/m0/s1. The van der Waals surface area contributed by atoms with Crippen LogP contribution in [-0.2, 0) is 4.74 Å². The number of methoxy groups -OCH3 is 1. The first-order valence-corrected chi connectivity index (χ1v) is 8.10. The molecule has 0 spiro atoms. The number of aromatic nitrogens is 2. The van der Waals surface area contributed by atoms with Gasteiger partial charge in [0.1, 0.15) is 11.4 Å². The Morgan fingerprint density at radius 3 is 2.68 bits per heavy atom. The molecule has 0 fully saturated rings. The predicted octanol–water partition coefficient (Wildman–Crippen LogP) is 3.95. The Kier molecular flexibility index (Phi) is 5.89. The van der Waals surface area contributed by atoms with E-state index in [0.717, 1.165) is 42.1 Å². The summed E-state index contributed by atoms with van der Waals surface area (Å²) in [6.45, 7) is 4.03. The number of hydrogen-bond acceptors (Lipinski definition) is 6. The molecule has 0 bridgehead atoms. The number of hydrogen-bond donors (Lipinski definition) is 0. The molecule has 0 aliphatic carbocycles. The molecule has 1 aromatic carbocycles. The highest BCUT2D eigenvalue weighted by Crippen LogP contribution is 2.26. The lowest BCUT2D eigenvalue weighted by Crippen LogP contribution is -2.14. The van der Waals surface area contributed by atoms with E-state index in [0.29, 0.717) is 10.6 Å². The second-order valence-electron chi connectivity index (χ2n) is 5.04. The van der Waals surface area contributed by atoms with Crippen molar-refractivity contribution in [3.63, 3.8) is 0 Å². The fourth-order valence-corrected chi connectivity index (χ4v) is 2.62. The lowest BCUT2D eigenvalue weighted by atomic mass is 10.1. The molecule has 0 saturated heterocycles. The SMILES string of the molecule is CCCC[C@H](C)OC(=O)c1snnc1-c1ccc(OC)cc1. The summed E-state index contributed by atoms with van der Waals surface area (Å²) in [5.41, 5.74) is 1.38. The molecule has 0 N–H and O–H groups in total. The lowest BCUT2D eigenvalue weighted by molar-refractivity contribution is 0.0327. The lowest BCUT2D eigenvalue weighted by Gasteiger charge is -2.12. The summed E-state index contributed by atoms with van der Waals surface area (Å²) < 4.78 is 14.5. The molecule has 0 aliphatic rings. The third kappa shape index (κ3) is 4.04. The van der Waals surface area contributed by atoms with E-state index < -0.39 is 0 Å². The summed E-state index contributed by atoms with van der Waals surface area (Å²) in [4.78, 5) is 12.7. The number of benzene rings is 1. The highest BCUT2D eigenvalue weighted by Gasteiger charge is 2.21. The Labute approximate surface area is 134 Å². The van der Waals surface area contributed by atoms with Gasteiger partial charge < -0.3 is 9.47 Å². The van der Waals surface area contributed by atoms with E-state index in [2.05, 4.69) is 16.5 Å². The van der Waals surface area contributed by atoms with Gasteiger partial charge in [0.15, 0.2) is 4.88 Å². The van der Waals surface area contributed by atoms with Crippen molar-refractivity contribution in [1.82, 2.24) is 9.59 Å². The Balaban J connectivity index is 2.12. The molecule has 2 aromatic rings. The Morgan fingerprint density at radius 1 is 1.32 bits per heavy atom. The van der Waals surface area contributed by atoms with Crippen LogP contribution in [0.2, 0.25) is 0 Å². The van der Waals surface area contributed by atoms with Crippen LogP contribution < -0.4 is 4.74 Å². The van der Waals surface area contributed by atoms with Crippen LogP contribution in [0.1, 0.15) is 42.8 Å². The number of carbonyl (C=O) groups excluding carboxylic acids is 1. The maximum Gasteiger partial charge on any atom is 0.352 e. The molecule has 0 aliphatic heterocycles. The quantitative estimate of drug-likeness (QED) is 0.723. The van der Waals surface area contributed by atoms with Crippen molar-refractivity contribution in [2.75, 3.05) is 7.11 Å². The Morgan fingerprint density at radius 2 is 2.05 bits per heavy atom. The number of esters is 1. The zero-order chi connectivity index (χ0) is 15.9. The highest BCUT2D eigenvalue weighted by atomic mass is 32.1. The van der Waals surface area contributed by atoms with Crippen molar-refractivity contribution in [1.29, 1.82) is 0 Å². The van der Waals surface area contributed by atoms with Crippen molar-refractivity contribution in [2.24, 2.45) is 0 Å². The summed E-state index contributed by atoms with van der Waals surface area (Å²) in [5, 5.41) is 4.06. The summed E-state index contributed by atoms with van der Waals surface area (Å²) >= 11 is 1.06. The molecule has 0 amide bonds. The van der Waals surface area contributed by atoms with Gasteiger partial charge in [-0.25, -0.2) is 4.79 Å². The molecule has 0 saturated carbocycles. The predicted molar refractivity (Wildman–Crippen MR) is 86.3 cm³/mol. The van der Waals surface area contributed by atoms with E-state index in [-0.39, 0.29) is 12.1 Å². The van der Waals surface area contributed by atoms with Gasteiger partial charge in [0.25, 0.3) is 0 Å². The molecule has 0 radical (unpaired) electrons. The van der Waals surface area contributed by atoms with Crippen molar-refractivity contribution in [3.05, 3.63) is 29.1 Å². The van der Waals surface area contributed by atoms with Gasteiger partial charge >= 0.3 is 5.97 Å². The van der Waals surface area contributed by atoms with Gasteiger partial charge in [0, 0.05) is 5.56 Å². The minimum Gasteiger partial charge on any atom is -0.497 e. The number of unbranched alkanes of at least 4 members (excludes halogenated alkanes) is 1. The summed E-state index contributed by atoms with van der Waals surface area (Å²) in [5.74, 6) is 0.397. The highest BCUT2D eigenvalue weighted by molar-refractivity contribution is 7.08. The molecule has 2 rings (SSSR count). The monoisotopic (exact) mass is 320 g/mol. The smallest absolute Gasteiger partial charge is 0.352 e. The summed E-state index contributed by atoms with van der Waals surface area (Å²) in [7, 11) is 1.61. The first-order chi connectivity index (χ1) is 10.7. The Bertz CT molecular complexity index is 610. The van der Waals surface area contributed by atoms with E-state index in [1.54, 1.807) is 7.11 Å². The van der Waals surface area contributed by atoms with Crippen LogP contribution in [0.15, 0.2) is 24.3 Å². The largest absolute Gasteiger partial charge is 0.497 e. The van der Waals surface area contributed by atoms with Gasteiger partial charge in [-0.3, -0.25) is 0 Å². The van der Waals surface area contributed by atoms with E-state index in [4.69, 9.17) is 9.47 Å². The van der Waals surface area contributed by atoms with Crippen LogP contribution in [0, 0.1) is 0 Å². The number of rotatable bonds is 7.